The summed E-state index contributed by atoms with van der Waals surface area (Å²) >= 11 is 0. The lowest BCUT2D eigenvalue weighted by Crippen LogP contribution is -2.25. The van der Waals surface area contributed by atoms with Crippen LogP contribution in [0.2, 0.25) is 0 Å². The van der Waals surface area contributed by atoms with Crippen molar-refractivity contribution in [2.75, 3.05) is 11.9 Å². The van der Waals surface area contributed by atoms with Gasteiger partial charge in [-0.25, -0.2) is 4.98 Å². The monoisotopic (exact) mass is 286 g/mol. The van der Waals surface area contributed by atoms with Gasteiger partial charge in [0.05, 0.1) is 12.3 Å². The Morgan fingerprint density at radius 3 is 2.38 bits per heavy atom. The lowest BCUT2D eigenvalue weighted by atomic mass is 9.85. The van der Waals surface area contributed by atoms with Crippen molar-refractivity contribution in [1.29, 1.82) is 0 Å². The standard InChI is InChI=1S/C18H26N2O/c1-12(2)17(13(3)4)10-19-18-16-8-6-5-7-14(16)9-15(11-21)20-18/h5-9,12-13,17,21H,10-11H2,1-4H3,(H,19,20). The molecule has 2 N–H and O–H groups in total. The number of aromatic nitrogens is 1. The van der Waals surface area contributed by atoms with Crippen LogP contribution in [0.1, 0.15) is 33.4 Å². The molecule has 0 fully saturated rings. The van der Waals surface area contributed by atoms with Gasteiger partial charge in [0.2, 0.25) is 0 Å². The van der Waals surface area contributed by atoms with Gasteiger partial charge in [0.15, 0.2) is 0 Å². The van der Waals surface area contributed by atoms with Crippen LogP contribution in [-0.2, 0) is 6.61 Å². The quantitative estimate of drug-likeness (QED) is 0.841. The van der Waals surface area contributed by atoms with Crippen LogP contribution in [0.4, 0.5) is 5.82 Å². The predicted molar refractivity (Wildman–Crippen MR) is 89.3 cm³/mol. The molecule has 0 aliphatic rings. The summed E-state index contributed by atoms with van der Waals surface area (Å²) in [5.74, 6) is 2.74. The number of benzene rings is 1. The molecular formula is C18H26N2O. The molecule has 0 amide bonds. The first kappa shape index (κ1) is 15.8. The molecule has 0 saturated carbocycles. The smallest absolute Gasteiger partial charge is 0.134 e. The van der Waals surface area contributed by atoms with Crippen LogP contribution in [0.15, 0.2) is 30.3 Å². The number of hydrogen-bond donors (Lipinski definition) is 2. The molecule has 0 aliphatic carbocycles. The van der Waals surface area contributed by atoms with E-state index in [1.54, 1.807) is 0 Å². The third-order valence-electron chi connectivity index (χ3n) is 4.17. The van der Waals surface area contributed by atoms with Crippen LogP contribution < -0.4 is 5.32 Å². The summed E-state index contributed by atoms with van der Waals surface area (Å²) in [4.78, 5) is 4.55. The Balaban J connectivity index is 2.28. The van der Waals surface area contributed by atoms with Crippen molar-refractivity contribution < 1.29 is 5.11 Å². The largest absolute Gasteiger partial charge is 0.390 e. The number of nitrogens with one attached hydrogen (secondary N) is 1. The summed E-state index contributed by atoms with van der Waals surface area (Å²) in [7, 11) is 0. The van der Waals surface area contributed by atoms with Crippen LogP contribution in [0.3, 0.4) is 0 Å². The van der Waals surface area contributed by atoms with Crippen LogP contribution in [0, 0.1) is 17.8 Å². The van der Waals surface area contributed by atoms with Crippen LogP contribution >= 0.6 is 0 Å². The van der Waals surface area contributed by atoms with E-state index in [2.05, 4.69) is 50.1 Å². The Morgan fingerprint density at radius 2 is 1.76 bits per heavy atom. The van der Waals surface area contributed by atoms with E-state index >= 15 is 0 Å². The zero-order valence-corrected chi connectivity index (χ0v) is 13.4. The number of fused-ring (bicyclic) bond motifs is 1. The third kappa shape index (κ3) is 3.73. The van der Waals surface area contributed by atoms with Gasteiger partial charge in [0.1, 0.15) is 5.82 Å². The number of nitrogens with zero attached hydrogens (tertiary/aromatic N) is 1. The Bertz CT molecular complexity index is 585. The number of pyridine rings is 1. The molecule has 114 valence electrons. The van der Waals surface area contributed by atoms with E-state index in [0.717, 1.165) is 23.1 Å². The maximum absolute atomic E-state index is 9.39. The molecule has 0 atom stereocenters. The fraction of sp³-hybridized carbons (Fsp3) is 0.500. The van der Waals surface area contributed by atoms with E-state index in [-0.39, 0.29) is 6.61 Å². The molecule has 2 rings (SSSR count). The molecule has 3 nitrogen and oxygen atoms in total. The van der Waals surface area contributed by atoms with Crippen molar-refractivity contribution in [2.45, 2.75) is 34.3 Å². The van der Waals surface area contributed by atoms with Gasteiger partial charge in [-0.15, -0.1) is 0 Å². The second-order valence-electron chi connectivity index (χ2n) is 6.37. The van der Waals surface area contributed by atoms with Gasteiger partial charge >= 0.3 is 0 Å². The number of anilines is 1. The van der Waals surface area contributed by atoms with Gasteiger partial charge in [-0.3, -0.25) is 0 Å². The Labute approximate surface area is 127 Å². The minimum absolute atomic E-state index is 0.0305. The van der Waals surface area contributed by atoms with Gasteiger partial charge in [0.25, 0.3) is 0 Å². The highest BCUT2D eigenvalue weighted by molar-refractivity contribution is 5.92. The summed E-state index contributed by atoms with van der Waals surface area (Å²) in [5, 5.41) is 15.1. The molecule has 0 aliphatic heterocycles. The fourth-order valence-corrected chi connectivity index (χ4v) is 2.93. The molecule has 2 aromatic rings. The highest BCUT2D eigenvalue weighted by Gasteiger charge is 2.17. The Morgan fingerprint density at radius 1 is 1.10 bits per heavy atom. The van der Waals surface area contributed by atoms with E-state index in [0.29, 0.717) is 23.4 Å². The van der Waals surface area contributed by atoms with Gasteiger partial charge in [0, 0.05) is 11.9 Å². The number of aliphatic hydroxyl groups excluding tert-OH is 1. The number of aliphatic hydroxyl groups is 1. The highest BCUT2D eigenvalue weighted by atomic mass is 16.3. The van der Waals surface area contributed by atoms with Crippen molar-refractivity contribution >= 4 is 16.6 Å². The van der Waals surface area contributed by atoms with Crippen LogP contribution in [0.25, 0.3) is 10.8 Å². The third-order valence-corrected chi connectivity index (χ3v) is 4.17. The minimum Gasteiger partial charge on any atom is -0.390 e. The van der Waals surface area contributed by atoms with E-state index in [9.17, 15) is 5.11 Å². The highest BCUT2D eigenvalue weighted by Crippen LogP contribution is 2.25. The van der Waals surface area contributed by atoms with Crippen LogP contribution in [-0.4, -0.2) is 16.6 Å². The molecule has 1 heterocycles. The molecule has 1 aromatic heterocycles. The van der Waals surface area contributed by atoms with Gasteiger partial charge in [-0.1, -0.05) is 52.0 Å². The molecule has 0 bridgehead atoms. The average Bonchev–Trinajstić information content (AvgIpc) is 2.46. The Kier molecular flexibility index (Phi) is 5.18. The number of hydrogen-bond acceptors (Lipinski definition) is 3. The SMILES string of the molecule is CC(C)C(CNc1nc(CO)cc2ccccc12)C(C)C. The molecule has 0 radical (unpaired) electrons. The van der Waals surface area contributed by atoms with Gasteiger partial charge < -0.3 is 10.4 Å². The molecule has 0 saturated heterocycles. The summed E-state index contributed by atoms with van der Waals surface area (Å²) in [6, 6.07) is 10.1. The summed E-state index contributed by atoms with van der Waals surface area (Å²) in [6.45, 7) is 9.94. The summed E-state index contributed by atoms with van der Waals surface area (Å²) in [6.07, 6.45) is 0. The predicted octanol–water partition coefficient (Wildman–Crippen LogP) is 4.07. The zero-order valence-electron chi connectivity index (χ0n) is 13.4. The second kappa shape index (κ2) is 6.90. The molecule has 0 unspecified atom stereocenters. The summed E-state index contributed by atoms with van der Waals surface area (Å²) in [5.41, 5.74) is 0.710. The first-order chi connectivity index (χ1) is 10.0. The first-order valence-electron chi connectivity index (χ1n) is 7.76. The van der Waals surface area contributed by atoms with E-state index in [4.69, 9.17) is 0 Å². The fourth-order valence-electron chi connectivity index (χ4n) is 2.93. The van der Waals surface area contributed by atoms with Gasteiger partial charge in [-0.2, -0.15) is 0 Å². The zero-order chi connectivity index (χ0) is 15.4. The first-order valence-corrected chi connectivity index (χ1v) is 7.76. The minimum atomic E-state index is -0.0305. The van der Waals surface area contributed by atoms with Gasteiger partial charge in [-0.05, 0) is 29.2 Å². The van der Waals surface area contributed by atoms with Crippen LogP contribution in [0.5, 0.6) is 0 Å². The van der Waals surface area contributed by atoms with E-state index in [1.807, 2.05) is 18.2 Å². The maximum atomic E-state index is 9.39. The lowest BCUT2D eigenvalue weighted by Gasteiger charge is -2.25. The molecule has 3 heteroatoms. The van der Waals surface area contributed by atoms with Crippen molar-refractivity contribution in [3.63, 3.8) is 0 Å². The normalized spacial score (nSPS) is 11.8. The molecular weight excluding hydrogens is 260 g/mol. The maximum Gasteiger partial charge on any atom is 0.134 e. The van der Waals surface area contributed by atoms with Crippen molar-refractivity contribution in [2.24, 2.45) is 17.8 Å². The van der Waals surface area contributed by atoms with E-state index < -0.39 is 0 Å². The van der Waals surface area contributed by atoms with Crippen molar-refractivity contribution in [3.8, 4) is 0 Å². The Hall–Kier alpha value is -1.61. The van der Waals surface area contributed by atoms with E-state index in [1.165, 1.54) is 0 Å². The second-order valence-corrected chi connectivity index (χ2v) is 6.37. The average molecular weight is 286 g/mol. The van der Waals surface area contributed by atoms with Crippen molar-refractivity contribution in [1.82, 2.24) is 4.98 Å². The number of rotatable bonds is 6. The summed E-state index contributed by atoms with van der Waals surface area (Å²) < 4.78 is 0. The van der Waals surface area contributed by atoms with Crippen molar-refractivity contribution in [3.05, 3.63) is 36.0 Å². The topological polar surface area (TPSA) is 45.2 Å². The molecule has 1 aromatic carbocycles. The molecule has 21 heavy (non-hydrogen) atoms. The lowest BCUT2D eigenvalue weighted by molar-refractivity contribution is 0.277. The molecule has 0 spiro atoms.